The van der Waals surface area contributed by atoms with E-state index in [4.69, 9.17) is 9.47 Å². The summed E-state index contributed by atoms with van der Waals surface area (Å²) in [6.07, 6.45) is 0.869. The van der Waals surface area contributed by atoms with Gasteiger partial charge in [-0.1, -0.05) is 6.92 Å². The number of hydrogen-bond acceptors (Lipinski definition) is 4. The second kappa shape index (κ2) is 4.14. The van der Waals surface area contributed by atoms with E-state index in [1.165, 1.54) is 6.92 Å². The zero-order chi connectivity index (χ0) is 11.8. The Bertz CT molecular complexity index is 309. The molecule has 2 fully saturated rings. The molecule has 16 heavy (non-hydrogen) atoms. The van der Waals surface area contributed by atoms with Crippen LogP contribution in [0.2, 0.25) is 0 Å². The molecule has 0 N–H and O–H groups in total. The lowest BCUT2D eigenvalue weighted by molar-refractivity contribution is -0.152. The van der Waals surface area contributed by atoms with E-state index in [-0.39, 0.29) is 17.7 Å². The average molecular weight is 227 g/mol. The van der Waals surface area contributed by atoms with Gasteiger partial charge >= 0.3 is 0 Å². The molecule has 5 heteroatoms. The van der Waals surface area contributed by atoms with E-state index >= 15 is 0 Å². The number of likely N-dealkylation sites (tertiary alicyclic amines) is 1. The van der Waals surface area contributed by atoms with Crippen molar-refractivity contribution in [2.75, 3.05) is 19.8 Å². The van der Waals surface area contributed by atoms with Gasteiger partial charge in [0.25, 0.3) is 0 Å². The van der Waals surface area contributed by atoms with Crippen molar-refractivity contribution in [3.63, 3.8) is 0 Å². The maximum absolute atomic E-state index is 11.7. The van der Waals surface area contributed by atoms with Crippen LogP contribution in [0.15, 0.2) is 0 Å². The quantitative estimate of drug-likeness (QED) is 0.682. The predicted molar refractivity (Wildman–Crippen MR) is 55.7 cm³/mol. The minimum atomic E-state index is -0.721. The Balaban J connectivity index is 2.17. The zero-order valence-electron chi connectivity index (χ0n) is 9.69. The Morgan fingerprint density at radius 2 is 2.00 bits per heavy atom. The van der Waals surface area contributed by atoms with Gasteiger partial charge in [-0.2, -0.15) is 0 Å². The van der Waals surface area contributed by atoms with Crippen LogP contribution in [0.25, 0.3) is 0 Å². The Kier molecular flexibility index (Phi) is 2.99. The maximum atomic E-state index is 11.7. The van der Waals surface area contributed by atoms with Crippen LogP contribution in [0.3, 0.4) is 0 Å². The predicted octanol–water partition coefficient (Wildman–Crippen LogP) is 0.329. The van der Waals surface area contributed by atoms with Crippen LogP contribution in [0.1, 0.15) is 26.7 Å². The molecule has 0 aliphatic carbocycles. The summed E-state index contributed by atoms with van der Waals surface area (Å²) in [7, 11) is 0. The highest BCUT2D eigenvalue weighted by molar-refractivity contribution is 5.88. The van der Waals surface area contributed by atoms with Crippen LogP contribution in [0.5, 0.6) is 0 Å². The number of nitrogens with zero attached hydrogens (tertiary/aromatic N) is 1. The minimum absolute atomic E-state index is 0.00206. The van der Waals surface area contributed by atoms with Gasteiger partial charge in [0.05, 0.1) is 25.8 Å². The largest absolute Gasteiger partial charge is 0.346 e. The number of carbonyl (C=O) groups is 2. The molecule has 0 aromatic heterocycles. The van der Waals surface area contributed by atoms with Crippen molar-refractivity contribution in [2.24, 2.45) is 0 Å². The van der Waals surface area contributed by atoms with Crippen molar-refractivity contribution in [1.29, 1.82) is 0 Å². The smallest absolute Gasteiger partial charge is 0.223 e. The molecule has 2 rings (SSSR count). The summed E-state index contributed by atoms with van der Waals surface area (Å²) in [5.74, 6) is -0.741. The third-order valence-electron chi connectivity index (χ3n) is 3.20. The third-order valence-corrected chi connectivity index (χ3v) is 3.20. The molecule has 5 nitrogen and oxygen atoms in total. The summed E-state index contributed by atoms with van der Waals surface area (Å²) in [6.45, 7) is 4.76. The first-order valence-corrected chi connectivity index (χ1v) is 5.66. The Hall–Kier alpha value is -0.940. The zero-order valence-corrected chi connectivity index (χ0v) is 9.69. The molecule has 0 aromatic carbocycles. The van der Waals surface area contributed by atoms with Gasteiger partial charge in [0.15, 0.2) is 11.6 Å². The number of carbonyl (C=O) groups excluding carboxylic acids is 2. The van der Waals surface area contributed by atoms with Gasteiger partial charge < -0.3 is 14.4 Å². The van der Waals surface area contributed by atoms with Crippen molar-refractivity contribution in [3.05, 3.63) is 0 Å². The van der Waals surface area contributed by atoms with Gasteiger partial charge in [-0.25, -0.2) is 0 Å². The Morgan fingerprint density at radius 1 is 1.38 bits per heavy atom. The molecule has 2 heterocycles. The van der Waals surface area contributed by atoms with E-state index in [0.717, 1.165) is 0 Å². The molecule has 2 saturated heterocycles. The molecule has 1 amide bonds. The Labute approximate surface area is 94.7 Å². The van der Waals surface area contributed by atoms with Crippen molar-refractivity contribution in [3.8, 4) is 0 Å². The molecule has 0 aromatic rings. The third kappa shape index (κ3) is 1.85. The van der Waals surface area contributed by atoms with Crippen molar-refractivity contribution >= 4 is 11.7 Å². The lowest BCUT2D eigenvalue weighted by Crippen LogP contribution is -2.40. The van der Waals surface area contributed by atoms with E-state index in [1.54, 1.807) is 11.8 Å². The maximum Gasteiger partial charge on any atom is 0.223 e. The van der Waals surface area contributed by atoms with Gasteiger partial charge in [0, 0.05) is 12.8 Å². The van der Waals surface area contributed by atoms with Gasteiger partial charge in [-0.05, 0) is 6.92 Å². The first-order chi connectivity index (χ1) is 7.58. The molecule has 2 aliphatic heterocycles. The van der Waals surface area contributed by atoms with Crippen LogP contribution in [0.4, 0.5) is 0 Å². The summed E-state index contributed by atoms with van der Waals surface area (Å²) in [6, 6.07) is -0.384. The monoisotopic (exact) mass is 227 g/mol. The molecule has 0 saturated carbocycles. The van der Waals surface area contributed by atoms with Gasteiger partial charge in [-0.3, -0.25) is 9.59 Å². The van der Waals surface area contributed by atoms with Crippen LogP contribution in [-0.4, -0.2) is 48.2 Å². The van der Waals surface area contributed by atoms with Crippen molar-refractivity contribution in [1.82, 2.24) is 4.90 Å². The fourth-order valence-corrected chi connectivity index (χ4v) is 2.37. The number of amides is 1. The van der Waals surface area contributed by atoms with Crippen LogP contribution < -0.4 is 0 Å². The van der Waals surface area contributed by atoms with Crippen LogP contribution >= 0.6 is 0 Å². The van der Waals surface area contributed by atoms with E-state index in [1.807, 2.05) is 0 Å². The fourth-order valence-electron chi connectivity index (χ4n) is 2.37. The van der Waals surface area contributed by atoms with E-state index in [0.29, 0.717) is 32.6 Å². The lowest BCUT2D eigenvalue weighted by atomic mass is 10.1. The molecule has 0 radical (unpaired) electrons. The average Bonchev–Trinajstić information content (AvgIpc) is 2.86. The van der Waals surface area contributed by atoms with Gasteiger partial charge in [-0.15, -0.1) is 0 Å². The van der Waals surface area contributed by atoms with Gasteiger partial charge in [0.2, 0.25) is 5.91 Å². The van der Waals surface area contributed by atoms with Crippen molar-refractivity contribution < 1.29 is 19.1 Å². The van der Waals surface area contributed by atoms with Crippen LogP contribution in [0, 0.1) is 0 Å². The molecule has 0 bridgehead atoms. The number of hydrogen-bond donors (Lipinski definition) is 0. The summed E-state index contributed by atoms with van der Waals surface area (Å²) >= 11 is 0. The molecule has 1 spiro atoms. The Morgan fingerprint density at radius 3 is 2.50 bits per heavy atom. The summed E-state index contributed by atoms with van der Waals surface area (Å²) in [4.78, 5) is 24.8. The standard InChI is InChI=1S/C11H17NO4/c1-3-10(14)12-7-11(15-4-5-16-11)6-9(12)8(2)13/h9H,3-7H2,1-2H3. The molecule has 2 aliphatic rings. The first-order valence-electron chi connectivity index (χ1n) is 5.66. The number of Topliss-reactive ketones (excluding diaryl/α,β-unsaturated/α-hetero) is 1. The first kappa shape index (κ1) is 11.5. The highest BCUT2D eigenvalue weighted by Crippen LogP contribution is 2.35. The second-order valence-corrected chi connectivity index (χ2v) is 4.31. The number of ether oxygens (including phenoxy) is 2. The summed E-state index contributed by atoms with van der Waals surface area (Å²) in [5.41, 5.74) is 0. The number of rotatable bonds is 2. The van der Waals surface area contributed by atoms with Crippen molar-refractivity contribution in [2.45, 2.75) is 38.5 Å². The topological polar surface area (TPSA) is 55.8 Å². The fraction of sp³-hybridized carbons (Fsp3) is 0.818. The van der Waals surface area contributed by atoms with Crippen LogP contribution in [-0.2, 0) is 19.1 Å². The normalized spacial score (nSPS) is 27.6. The highest BCUT2D eigenvalue weighted by atomic mass is 16.7. The van der Waals surface area contributed by atoms with Gasteiger partial charge in [0.1, 0.15) is 0 Å². The molecular formula is C11H17NO4. The highest BCUT2D eigenvalue weighted by Gasteiger charge is 2.51. The summed E-state index contributed by atoms with van der Waals surface area (Å²) in [5, 5.41) is 0. The van der Waals surface area contributed by atoms with E-state index in [2.05, 4.69) is 0 Å². The molecular weight excluding hydrogens is 210 g/mol. The summed E-state index contributed by atoms with van der Waals surface area (Å²) < 4.78 is 11.1. The lowest BCUT2D eigenvalue weighted by Gasteiger charge is -2.22. The van der Waals surface area contributed by atoms with E-state index < -0.39 is 5.79 Å². The molecule has 1 atom stereocenters. The second-order valence-electron chi connectivity index (χ2n) is 4.31. The minimum Gasteiger partial charge on any atom is -0.346 e. The van der Waals surface area contributed by atoms with E-state index in [9.17, 15) is 9.59 Å². The SMILES string of the molecule is CCC(=O)N1CC2(CC1C(C)=O)OCCO2. The molecule has 1 unspecified atom stereocenters. The molecule has 90 valence electrons. The number of ketones is 1.